The van der Waals surface area contributed by atoms with Crippen LogP contribution in [0.15, 0.2) is 18.2 Å². The van der Waals surface area contributed by atoms with Crippen LogP contribution in [0.25, 0.3) is 0 Å². The molecule has 0 aliphatic carbocycles. The zero-order valence-corrected chi connectivity index (χ0v) is 11.2. The van der Waals surface area contributed by atoms with Gasteiger partial charge in [-0.15, -0.1) is 11.6 Å². The Morgan fingerprint density at radius 1 is 1.47 bits per heavy atom. The molecule has 0 saturated carbocycles. The van der Waals surface area contributed by atoms with E-state index < -0.39 is 0 Å². The Labute approximate surface area is 111 Å². The largest absolute Gasteiger partial charge is 0.507 e. The Morgan fingerprint density at radius 3 is 2.71 bits per heavy atom. The minimum absolute atomic E-state index is 0.0948. The molecule has 0 fully saturated rings. The number of alkyl halides is 1. The Balaban J connectivity index is 2.67. The summed E-state index contributed by atoms with van der Waals surface area (Å²) in [5.74, 6) is -0.205. The second kappa shape index (κ2) is 6.12. The number of phenolic OH excluding ortho intramolecular Hbond substituents is 1. The molecule has 0 spiro atoms. The van der Waals surface area contributed by atoms with Gasteiger partial charge in [-0.25, -0.2) is 0 Å². The van der Waals surface area contributed by atoms with Crippen molar-refractivity contribution in [1.82, 2.24) is 5.32 Å². The molecule has 1 rings (SSSR count). The molecule has 17 heavy (non-hydrogen) atoms. The smallest absolute Gasteiger partial charge is 0.255 e. The predicted molar refractivity (Wildman–Crippen MR) is 69.9 cm³/mol. The zero-order chi connectivity index (χ0) is 13.0. The van der Waals surface area contributed by atoms with Crippen molar-refractivity contribution >= 4 is 29.1 Å². The zero-order valence-electron chi connectivity index (χ0n) is 9.71. The normalized spacial score (nSPS) is 12.5. The molecule has 0 radical (unpaired) electrons. The Hall–Kier alpha value is -0.930. The third-order valence-electron chi connectivity index (χ3n) is 2.38. The molecule has 5 heteroatoms. The van der Waals surface area contributed by atoms with Gasteiger partial charge in [0, 0.05) is 11.6 Å². The van der Waals surface area contributed by atoms with E-state index in [1.165, 1.54) is 18.2 Å². The highest BCUT2D eigenvalue weighted by atomic mass is 35.5. The van der Waals surface area contributed by atoms with E-state index in [1.54, 1.807) is 0 Å². The molecule has 0 bridgehead atoms. The fourth-order valence-electron chi connectivity index (χ4n) is 1.21. The van der Waals surface area contributed by atoms with Crippen LogP contribution in [0.1, 0.15) is 24.2 Å². The van der Waals surface area contributed by atoms with E-state index in [1.807, 2.05) is 13.8 Å². The lowest BCUT2D eigenvalue weighted by Crippen LogP contribution is -2.32. The molecule has 0 saturated heterocycles. The topological polar surface area (TPSA) is 49.3 Å². The first-order chi connectivity index (χ1) is 7.91. The average Bonchev–Trinajstić information content (AvgIpc) is 2.28. The number of rotatable bonds is 4. The van der Waals surface area contributed by atoms with Crippen LogP contribution in [0.2, 0.25) is 5.02 Å². The fraction of sp³-hybridized carbons (Fsp3) is 0.417. The van der Waals surface area contributed by atoms with Gasteiger partial charge in [-0.2, -0.15) is 0 Å². The Bertz CT molecular complexity index is 407. The lowest BCUT2D eigenvalue weighted by molar-refractivity contribution is 0.0949. The molecular weight excluding hydrogens is 261 g/mol. The van der Waals surface area contributed by atoms with Gasteiger partial charge in [0.15, 0.2) is 0 Å². The minimum atomic E-state index is -0.378. The first-order valence-corrected chi connectivity index (χ1v) is 6.14. The van der Waals surface area contributed by atoms with E-state index in [2.05, 4.69) is 5.32 Å². The lowest BCUT2D eigenvalue weighted by atomic mass is 10.1. The molecule has 0 aromatic heterocycles. The second-order valence-corrected chi connectivity index (χ2v) is 5.13. The summed E-state index contributed by atoms with van der Waals surface area (Å²) in [6.45, 7) is 4.30. The summed E-state index contributed by atoms with van der Waals surface area (Å²) in [6, 6.07) is 4.33. The summed E-state index contributed by atoms with van der Waals surface area (Å²) in [6.07, 6.45) is 0. The van der Waals surface area contributed by atoms with E-state index in [9.17, 15) is 9.90 Å². The maximum atomic E-state index is 11.8. The molecule has 2 N–H and O–H groups in total. The Morgan fingerprint density at radius 2 is 2.12 bits per heavy atom. The number of nitrogens with one attached hydrogen (secondary N) is 1. The molecule has 3 nitrogen and oxygen atoms in total. The molecule has 1 aromatic carbocycles. The summed E-state index contributed by atoms with van der Waals surface area (Å²) in [5.41, 5.74) is 0.158. The van der Waals surface area contributed by atoms with Gasteiger partial charge in [-0.3, -0.25) is 4.79 Å². The summed E-state index contributed by atoms with van der Waals surface area (Å²) < 4.78 is 0. The average molecular weight is 276 g/mol. The maximum absolute atomic E-state index is 11.8. The standard InChI is InChI=1S/C12H15Cl2NO2/c1-7(2)10(14)6-15-12(17)9-5-8(13)3-4-11(9)16/h3-5,7,10,16H,6H2,1-2H3,(H,15,17). The number of halogens is 2. The highest BCUT2D eigenvalue weighted by Gasteiger charge is 2.14. The van der Waals surface area contributed by atoms with Gasteiger partial charge in [0.05, 0.1) is 10.9 Å². The molecule has 1 unspecified atom stereocenters. The van der Waals surface area contributed by atoms with Gasteiger partial charge in [-0.1, -0.05) is 25.4 Å². The van der Waals surface area contributed by atoms with Gasteiger partial charge in [0.1, 0.15) is 5.75 Å². The molecule has 0 aliphatic rings. The van der Waals surface area contributed by atoms with E-state index in [4.69, 9.17) is 23.2 Å². The van der Waals surface area contributed by atoms with E-state index in [-0.39, 0.29) is 28.5 Å². The van der Waals surface area contributed by atoms with Crippen molar-refractivity contribution in [3.8, 4) is 5.75 Å². The van der Waals surface area contributed by atoms with Crippen LogP contribution in [-0.4, -0.2) is 22.9 Å². The van der Waals surface area contributed by atoms with Crippen LogP contribution in [0.3, 0.4) is 0 Å². The summed E-state index contributed by atoms with van der Waals surface area (Å²) in [4.78, 5) is 11.8. The van der Waals surface area contributed by atoms with Crippen molar-refractivity contribution in [2.24, 2.45) is 5.92 Å². The van der Waals surface area contributed by atoms with Crippen molar-refractivity contribution in [3.05, 3.63) is 28.8 Å². The first-order valence-electron chi connectivity index (χ1n) is 5.32. The molecule has 1 aromatic rings. The molecular formula is C12H15Cl2NO2. The van der Waals surface area contributed by atoms with Gasteiger partial charge < -0.3 is 10.4 Å². The van der Waals surface area contributed by atoms with Crippen LogP contribution in [-0.2, 0) is 0 Å². The predicted octanol–water partition coefficient (Wildman–Crippen LogP) is 3.04. The number of benzene rings is 1. The Kier molecular flexibility index (Phi) is 5.09. The van der Waals surface area contributed by atoms with E-state index >= 15 is 0 Å². The van der Waals surface area contributed by atoms with Crippen molar-refractivity contribution < 1.29 is 9.90 Å². The van der Waals surface area contributed by atoms with Crippen molar-refractivity contribution in [1.29, 1.82) is 0 Å². The highest BCUT2D eigenvalue weighted by Crippen LogP contribution is 2.21. The van der Waals surface area contributed by atoms with Crippen LogP contribution < -0.4 is 5.32 Å². The van der Waals surface area contributed by atoms with E-state index in [0.717, 1.165) is 0 Å². The van der Waals surface area contributed by atoms with Crippen molar-refractivity contribution in [3.63, 3.8) is 0 Å². The number of carbonyl (C=O) groups excluding carboxylic acids is 1. The third-order valence-corrected chi connectivity index (χ3v) is 3.28. The van der Waals surface area contributed by atoms with Crippen LogP contribution in [0.4, 0.5) is 0 Å². The minimum Gasteiger partial charge on any atom is -0.507 e. The lowest BCUT2D eigenvalue weighted by Gasteiger charge is -2.14. The summed E-state index contributed by atoms with van der Waals surface area (Å²) in [5, 5.41) is 12.4. The molecule has 0 aliphatic heterocycles. The molecule has 94 valence electrons. The van der Waals surface area contributed by atoms with Gasteiger partial charge in [0.25, 0.3) is 5.91 Å². The molecule has 1 amide bonds. The first kappa shape index (κ1) is 14.1. The molecule has 0 heterocycles. The second-order valence-electron chi connectivity index (χ2n) is 4.13. The SMILES string of the molecule is CC(C)C(Cl)CNC(=O)c1cc(Cl)ccc1O. The summed E-state index contributed by atoms with van der Waals surface area (Å²) in [7, 11) is 0. The van der Waals surface area contributed by atoms with Gasteiger partial charge in [0.2, 0.25) is 0 Å². The van der Waals surface area contributed by atoms with Gasteiger partial charge >= 0.3 is 0 Å². The third kappa shape index (κ3) is 4.10. The highest BCUT2D eigenvalue weighted by molar-refractivity contribution is 6.31. The van der Waals surface area contributed by atoms with E-state index in [0.29, 0.717) is 11.6 Å². The van der Waals surface area contributed by atoms with Gasteiger partial charge in [-0.05, 0) is 24.1 Å². The number of hydrogen-bond donors (Lipinski definition) is 2. The number of phenols is 1. The van der Waals surface area contributed by atoms with Crippen LogP contribution >= 0.6 is 23.2 Å². The quantitative estimate of drug-likeness (QED) is 0.830. The number of carbonyl (C=O) groups is 1. The van der Waals surface area contributed by atoms with Crippen LogP contribution in [0.5, 0.6) is 5.75 Å². The fourth-order valence-corrected chi connectivity index (χ4v) is 1.46. The summed E-state index contributed by atoms with van der Waals surface area (Å²) >= 11 is 11.8. The number of hydrogen-bond acceptors (Lipinski definition) is 2. The van der Waals surface area contributed by atoms with Crippen molar-refractivity contribution in [2.75, 3.05) is 6.54 Å². The maximum Gasteiger partial charge on any atom is 0.255 e. The molecule has 1 atom stereocenters. The number of aromatic hydroxyl groups is 1. The number of amides is 1. The van der Waals surface area contributed by atoms with Crippen LogP contribution in [0, 0.1) is 5.92 Å². The monoisotopic (exact) mass is 275 g/mol. The van der Waals surface area contributed by atoms with Crippen molar-refractivity contribution in [2.45, 2.75) is 19.2 Å².